The van der Waals surface area contributed by atoms with Crippen LogP contribution in [0, 0.1) is 5.41 Å². The summed E-state index contributed by atoms with van der Waals surface area (Å²) >= 11 is 0. The Morgan fingerprint density at radius 3 is 2.69 bits per heavy atom. The summed E-state index contributed by atoms with van der Waals surface area (Å²) in [5.41, 5.74) is 1.47. The van der Waals surface area contributed by atoms with Crippen LogP contribution in [0.4, 0.5) is 0 Å². The van der Waals surface area contributed by atoms with E-state index in [1.54, 1.807) is 4.68 Å². The molecule has 26 heavy (non-hydrogen) atoms. The molecule has 0 unspecified atom stereocenters. The van der Waals surface area contributed by atoms with Crippen LogP contribution in [0.5, 0.6) is 0 Å². The minimum Gasteiger partial charge on any atom is -0.345 e. The van der Waals surface area contributed by atoms with E-state index in [0.717, 1.165) is 12.1 Å². The van der Waals surface area contributed by atoms with Crippen LogP contribution in [-0.4, -0.2) is 58.1 Å². The molecule has 136 valence electrons. The summed E-state index contributed by atoms with van der Waals surface area (Å²) in [5, 5.41) is 4.29. The maximum atomic E-state index is 13.0. The van der Waals surface area contributed by atoms with E-state index in [2.05, 4.69) is 17.2 Å². The third-order valence-corrected chi connectivity index (χ3v) is 5.85. The molecule has 0 saturated carbocycles. The Balaban J connectivity index is 1.56. The van der Waals surface area contributed by atoms with Crippen LogP contribution in [-0.2, 0) is 23.1 Å². The molecule has 6 nitrogen and oxygen atoms in total. The van der Waals surface area contributed by atoms with E-state index in [0.29, 0.717) is 19.6 Å². The van der Waals surface area contributed by atoms with Crippen molar-refractivity contribution < 1.29 is 9.59 Å². The number of benzene rings is 1. The summed E-state index contributed by atoms with van der Waals surface area (Å²) < 4.78 is 1.70. The van der Waals surface area contributed by atoms with Gasteiger partial charge in [-0.3, -0.25) is 14.3 Å². The van der Waals surface area contributed by atoms with Crippen LogP contribution in [0.1, 0.15) is 23.6 Å². The first-order chi connectivity index (χ1) is 12.5. The van der Waals surface area contributed by atoms with Gasteiger partial charge in [-0.25, -0.2) is 0 Å². The van der Waals surface area contributed by atoms with Crippen LogP contribution < -0.4 is 0 Å². The molecule has 1 spiro atoms. The summed E-state index contributed by atoms with van der Waals surface area (Å²) in [6.07, 6.45) is 2.86. The average Bonchev–Trinajstić information content (AvgIpc) is 3.32. The fourth-order valence-electron chi connectivity index (χ4n) is 4.50. The number of aryl methyl sites for hydroxylation is 1. The first-order valence-electron chi connectivity index (χ1n) is 9.06. The Morgan fingerprint density at radius 1 is 1.23 bits per heavy atom. The average molecular weight is 352 g/mol. The zero-order chi connectivity index (χ0) is 18.3. The standard InChI is InChI=1S/C20H24N4O2/c1-22-13-17(15-6-4-3-5-7-15)20(19(22)26)9-11-24(14-20)18(25)12-16-8-10-23(2)21-16/h3-8,10,17H,9,11-14H2,1-2H3/t17-,20-/m1/s1. The van der Waals surface area contributed by atoms with Gasteiger partial charge in [-0.05, 0) is 18.1 Å². The molecule has 4 rings (SSSR count). The monoisotopic (exact) mass is 352 g/mol. The molecule has 0 N–H and O–H groups in total. The van der Waals surface area contributed by atoms with Crippen molar-refractivity contribution in [1.82, 2.24) is 19.6 Å². The molecule has 3 heterocycles. The summed E-state index contributed by atoms with van der Waals surface area (Å²) in [6, 6.07) is 12.1. The number of aromatic nitrogens is 2. The van der Waals surface area contributed by atoms with Gasteiger partial charge in [0.05, 0.1) is 17.5 Å². The van der Waals surface area contributed by atoms with Gasteiger partial charge >= 0.3 is 0 Å². The van der Waals surface area contributed by atoms with Crippen LogP contribution in [0.3, 0.4) is 0 Å². The quantitative estimate of drug-likeness (QED) is 0.840. The lowest BCUT2D eigenvalue weighted by molar-refractivity contribution is -0.135. The van der Waals surface area contributed by atoms with E-state index in [1.807, 2.05) is 54.4 Å². The molecule has 2 saturated heterocycles. The Bertz CT molecular complexity index is 831. The van der Waals surface area contributed by atoms with Crippen molar-refractivity contribution in [2.75, 3.05) is 26.7 Å². The number of carbonyl (C=O) groups excluding carboxylic acids is 2. The van der Waals surface area contributed by atoms with Gasteiger partial charge in [-0.2, -0.15) is 5.10 Å². The van der Waals surface area contributed by atoms with Gasteiger partial charge in [0.25, 0.3) is 0 Å². The van der Waals surface area contributed by atoms with Crippen LogP contribution in [0.15, 0.2) is 42.6 Å². The van der Waals surface area contributed by atoms with Crippen molar-refractivity contribution in [3.05, 3.63) is 53.9 Å². The third-order valence-electron chi connectivity index (χ3n) is 5.85. The maximum Gasteiger partial charge on any atom is 0.231 e. The third kappa shape index (κ3) is 2.69. The van der Waals surface area contributed by atoms with E-state index >= 15 is 0 Å². The van der Waals surface area contributed by atoms with Gasteiger partial charge in [0.2, 0.25) is 11.8 Å². The minimum atomic E-state index is -0.490. The molecule has 1 aromatic carbocycles. The fraction of sp³-hybridized carbons (Fsp3) is 0.450. The number of nitrogens with zero attached hydrogens (tertiary/aromatic N) is 4. The van der Waals surface area contributed by atoms with E-state index in [1.165, 1.54) is 5.56 Å². The van der Waals surface area contributed by atoms with Gasteiger partial charge in [-0.1, -0.05) is 30.3 Å². The van der Waals surface area contributed by atoms with Crippen molar-refractivity contribution in [3.8, 4) is 0 Å². The van der Waals surface area contributed by atoms with Gasteiger partial charge in [0.15, 0.2) is 0 Å². The molecule has 0 aliphatic carbocycles. The second-order valence-electron chi connectivity index (χ2n) is 7.53. The van der Waals surface area contributed by atoms with Gasteiger partial charge in [0, 0.05) is 45.8 Å². The fourth-order valence-corrected chi connectivity index (χ4v) is 4.50. The molecular weight excluding hydrogens is 328 g/mol. The molecule has 2 aromatic rings. The highest BCUT2D eigenvalue weighted by atomic mass is 16.2. The predicted octanol–water partition coefficient (Wildman–Crippen LogP) is 1.44. The number of likely N-dealkylation sites (tertiary alicyclic amines) is 2. The van der Waals surface area contributed by atoms with Crippen LogP contribution in [0.2, 0.25) is 0 Å². The van der Waals surface area contributed by atoms with Gasteiger partial charge < -0.3 is 9.80 Å². The molecular formula is C20H24N4O2. The first kappa shape index (κ1) is 16.8. The van der Waals surface area contributed by atoms with Crippen molar-refractivity contribution in [3.63, 3.8) is 0 Å². The second-order valence-corrected chi connectivity index (χ2v) is 7.53. The highest BCUT2D eigenvalue weighted by Crippen LogP contribution is 2.49. The van der Waals surface area contributed by atoms with Crippen molar-refractivity contribution in [2.45, 2.75) is 18.8 Å². The van der Waals surface area contributed by atoms with E-state index in [4.69, 9.17) is 0 Å². The summed E-state index contributed by atoms with van der Waals surface area (Å²) in [4.78, 5) is 29.4. The van der Waals surface area contributed by atoms with Crippen LogP contribution in [0.25, 0.3) is 0 Å². The molecule has 2 aliphatic rings. The molecule has 2 atom stereocenters. The van der Waals surface area contributed by atoms with Crippen molar-refractivity contribution in [1.29, 1.82) is 0 Å². The number of hydrogen-bond acceptors (Lipinski definition) is 3. The van der Waals surface area contributed by atoms with E-state index in [9.17, 15) is 9.59 Å². The molecule has 1 aromatic heterocycles. The smallest absolute Gasteiger partial charge is 0.231 e. The normalized spacial score (nSPS) is 25.5. The largest absolute Gasteiger partial charge is 0.345 e. The van der Waals surface area contributed by atoms with Gasteiger partial charge in [-0.15, -0.1) is 0 Å². The zero-order valence-electron chi connectivity index (χ0n) is 15.3. The Kier molecular flexibility index (Phi) is 4.05. The lowest BCUT2D eigenvalue weighted by Gasteiger charge is -2.28. The number of hydrogen-bond donors (Lipinski definition) is 0. The minimum absolute atomic E-state index is 0.0507. The predicted molar refractivity (Wildman–Crippen MR) is 97.4 cm³/mol. The lowest BCUT2D eigenvalue weighted by Crippen LogP contribution is -2.39. The topological polar surface area (TPSA) is 58.4 Å². The second kappa shape index (κ2) is 6.27. The summed E-state index contributed by atoms with van der Waals surface area (Å²) in [5.74, 6) is 0.350. The molecule has 0 radical (unpaired) electrons. The molecule has 6 heteroatoms. The van der Waals surface area contributed by atoms with Crippen molar-refractivity contribution in [2.24, 2.45) is 12.5 Å². The molecule has 2 fully saturated rings. The number of likely N-dealkylation sites (N-methyl/N-ethyl adjacent to an activating group) is 1. The molecule has 0 bridgehead atoms. The van der Waals surface area contributed by atoms with Crippen molar-refractivity contribution >= 4 is 11.8 Å². The Hall–Kier alpha value is -2.63. The zero-order valence-corrected chi connectivity index (χ0v) is 15.3. The Morgan fingerprint density at radius 2 is 2.00 bits per heavy atom. The Labute approximate surface area is 153 Å². The van der Waals surface area contributed by atoms with E-state index in [-0.39, 0.29) is 24.2 Å². The van der Waals surface area contributed by atoms with Crippen LogP contribution >= 0.6 is 0 Å². The number of amides is 2. The number of carbonyl (C=O) groups is 2. The first-order valence-corrected chi connectivity index (χ1v) is 9.06. The summed E-state index contributed by atoms with van der Waals surface area (Å²) in [7, 11) is 3.71. The molecule has 2 aliphatic heterocycles. The van der Waals surface area contributed by atoms with E-state index < -0.39 is 5.41 Å². The highest BCUT2D eigenvalue weighted by Gasteiger charge is 2.57. The highest BCUT2D eigenvalue weighted by molar-refractivity contribution is 5.89. The van der Waals surface area contributed by atoms with Gasteiger partial charge in [0.1, 0.15) is 0 Å². The summed E-state index contributed by atoms with van der Waals surface area (Å²) in [6.45, 7) is 1.85. The number of rotatable bonds is 3. The lowest BCUT2D eigenvalue weighted by atomic mass is 9.73. The molecule has 2 amide bonds. The SMILES string of the molecule is CN1C[C@H](c2ccccc2)[C@]2(CCN(C(=O)Cc3ccn(C)n3)C2)C1=O. The maximum absolute atomic E-state index is 13.0.